The number of halogens is 3. The number of carbonyl (C=O) groups excluding carboxylic acids is 2. The van der Waals surface area contributed by atoms with Crippen molar-refractivity contribution < 1.29 is 18.4 Å². The van der Waals surface area contributed by atoms with E-state index in [0.717, 1.165) is 38.6 Å². The highest BCUT2D eigenvalue weighted by Crippen LogP contribution is 2.43. The summed E-state index contributed by atoms with van der Waals surface area (Å²) in [6.45, 7) is 1.59. The van der Waals surface area contributed by atoms with E-state index in [9.17, 15) is 18.4 Å². The number of amidine groups is 1. The van der Waals surface area contributed by atoms with Gasteiger partial charge in [-0.25, -0.2) is 8.78 Å². The summed E-state index contributed by atoms with van der Waals surface area (Å²) in [5.41, 5.74) is 2.36. The van der Waals surface area contributed by atoms with Crippen LogP contribution in [0.15, 0.2) is 21.7 Å². The zero-order valence-electron chi connectivity index (χ0n) is 14.5. The SMILES string of the molecule is O=CC1NN=C(C[C@@H]2CCN(C3(C=O)CC3)C2)N1c1ccc(Br)c(F)c1F. The fourth-order valence-corrected chi connectivity index (χ4v) is 4.24. The van der Waals surface area contributed by atoms with Crippen LogP contribution in [0.5, 0.6) is 0 Å². The fourth-order valence-electron chi connectivity index (χ4n) is 3.94. The molecule has 1 saturated carbocycles. The Morgan fingerprint density at radius 1 is 1.30 bits per heavy atom. The van der Waals surface area contributed by atoms with Gasteiger partial charge in [-0.15, -0.1) is 0 Å². The molecule has 2 atom stereocenters. The topological polar surface area (TPSA) is 65.0 Å². The van der Waals surface area contributed by atoms with E-state index in [0.29, 0.717) is 18.5 Å². The summed E-state index contributed by atoms with van der Waals surface area (Å²) in [6, 6.07) is 2.83. The van der Waals surface area contributed by atoms with Gasteiger partial charge in [0.25, 0.3) is 0 Å². The van der Waals surface area contributed by atoms with Gasteiger partial charge in [-0.1, -0.05) is 0 Å². The van der Waals surface area contributed by atoms with Crippen LogP contribution in [-0.4, -0.2) is 48.1 Å². The van der Waals surface area contributed by atoms with Crippen LogP contribution in [0.1, 0.15) is 25.7 Å². The van der Waals surface area contributed by atoms with E-state index in [1.807, 2.05) is 0 Å². The van der Waals surface area contributed by atoms with Gasteiger partial charge in [-0.2, -0.15) is 5.10 Å². The van der Waals surface area contributed by atoms with Crippen molar-refractivity contribution in [3.05, 3.63) is 28.2 Å². The molecule has 1 aliphatic carbocycles. The number of likely N-dealkylation sites (tertiary alicyclic amines) is 1. The highest BCUT2D eigenvalue weighted by atomic mass is 79.9. The Morgan fingerprint density at radius 3 is 2.74 bits per heavy atom. The maximum Gasteiger partial charge on any atom is 0.183 e. The molecular formula is C18H19BrF2N4O2. The molecule has 0 aromatic heterocycles. The molecule has 4 rings (SSSR count). The zero-order chi connectivity index (χ0) is 19.2. The van der Waals surface area contributed by atoms with Crippen molar-refractivity contribution in [2.45, 2.75) is 37.4 Å². The van der Waals surface area contributed by atoms with Gasteiger partial charge in [0.2, 0.25) is 0 Å². The molecule has 144 valence electrons. The molecule has 9 heteroatoms. The van der Waals surface area contributed by atoms with Gasteiger partial charge in [-0.05, 0) is 59.8 Å². The highest BCUT2D eigenvalue weighted by molar-refractivity contribution is 9.10. The smallest absolute Gasteiger partial charge is 0.183 e. The van der Waals surface area contributed by atoms with Crippen LogP contribution >= 0.6 is 15.9 Å². The second-order valence-electron chi connectivity index (χ2n) is 7.33. The number of hydrogen-bond acceptors (Lipinski definition) is 6. The Labute approximate surface area is 163 Å². The Kier molecular flexibility index (Phi) is 4.75. The van der Waals surface area contributed by atoms with Crippen LogP contribution in [0.4, 0.5) is 14.5 Å². The quantitative estimate of drug-likeness (QED) is 0.543. The largest absolute Gasteiger partial charge is 0.301 e. The van der Waals surface area contributed by atoms with E-state index in [4.69, 9.17) is 0 Å². The molecule has 3 aliphatic rings. The number of hydrogen-bond donors (Lipinski definition) is 1. The minimum absolute atomic E-state index is 0.0204. The highest BCUT2D eigenvalue weighted by Gasteiger charge is 2.50. The van der Waals surface area contributed by atoms with Crippen molar-refractivity contribution in [3.63, 3.8) is 0 Å². The summed E-state index contributed by atoms with van der Waals surface area (Å²) < 4.78 is 28.5. The molecule has 1 aromatic rings. The first kappa shape index (κ1) is 18.5. The molecule has 1 N–H and O–H groups in total. The second-order valence-corrected chi connectivity index (χ2v) is 8.18. The molecular weight excluding hydrogens is 422 g/mol. The number of hydrazone groups is 1. The van der Waals surface area contributed by atoms with E-state index in [1.165, 1.54) is 17.0 Å². The number of nitrogens with zero attached hydrogens (tertiary/aromatic N) is 3. The number of benzene rings is 1. The van der Waals surface area contributed by atoms with Crippen LogP contribution in [0.25, 0.3) is 0 Å². The molecule has 1 unspecified atom stereocenters. The number of anilines is 1. The summed E-state index contributed by atoms with van der Waals surface area (Å²) in [7, 11) is 0. The first-order chi connectivity index (χ1) is 13.0. The van der Waals surface area contributed by atoms with Gasteiger partial charge >= 0.3 is 0 Å². The molecule has 0 spiro atoms. The van der Waals surface area contributed by atoms with Crippen molar-refractivity contribution in [2.24, 2.45) is 11.0 Å². The molecule has 1 saturated heterocycles. The van der Waals surface area contributed by atoms with Gasteiger partial charge < -0.3 is 4.79 Å². The molecule has 1 aromatic carbocycles. The number of carbonyl (C=O) groups is 2. The number of rotatable bonds is 6. The van der Waals surface area contributed by atoms with E-state index >= 15 is 0 Å². The molecule has 6 nitrogen and oxygen atoms in total. The Hall–Kier alpha value is -1.87. The standard InChI is InChI=1S/C18H19BrF2N4O2/c19-12-1-2-13(17(21)16(12)20)25-14(22-23-15(25)9-26)7-11-3-6-24(8-11)18(10-27)4-5-18/h1-2,9-11,15,23H,3-8H2/t11-,15?/m0/s1. The van der Waals surface area contributed by atoms with Gasteiger partial charge in [0.1, 0.15) is 12.1 Å². The molecule has 0 bridgehead atoms. The molecule has 2 aliphatic heterocycles. The fraction of sp³-hybridized carbons (Fsp3) is 0.500. The van der Waals surface area contributed by atoms with E-state index in [2.05, 4.69) is 31.4 Å². The third kappa shape index (κ3) is 3.16. The molecule has 0 radical (unpaired) electrons. The lowest BCUT2D eigenvalue weighted by atomic mass is 10.0. The third-order valence-corrected chi connectivity index (χ3v) is 6.27. The Morgan fingerprint density at radius 2 is 2.07 bits per heavy atom. The van der Waals surface area contributed by atoms with Crippen LogP contribution in [0.3, 0.4) is 0 Å². The lowest BCUT2D eigenvalue weighted by Crippen LogP contribution is -2.43. The first-order valence-electron chi connectivity index (χ1n) is 8.90. The first-order valence-corrected chi connectivity index (χ1v) is 9.70. The van der Waals surface area contributed by atoms with Crippen molar-refractivity contribution in [2.75, 3.05) is 18.0 Å². The maximum absolute atomic E-state index is 14.5. The lowest BCUT2D eigenvalue weighted by molar-refractivity contribution is -0.113. The molecule has 2 fully saturated rings. The van der Waals surface area contributed by atoms with Crippen LogP contribution in [0.2, 0.25) is 0 Å². The van der Waals surface area contributed by atoms with Crippen molar-refractivity contribution in [1.82, 2.24) is 10.3 Å². The Balaban J connectivity index is 1.53. The van der Waals surface area contributed by atoms with Crippen LogP contribution in [-0.2, 0) is 9.59 Å². The average molecular weight is 441 g/mol. The second kappa shape index (κ2) is 6.94. The van der Waals surface area contributed by atoms with Crippen molar-refractivity contribution in [3.8, 4) is 0 Å². The van der Waals surface area contributed by atoms with E-state index < -0.39 is 17.8 Å². The summed E-state index contributed by atoms with van der Waals surface area (Å²) in [4.78, 5) is 26.4. The summed E-state index contributed by atoms with van der Waals surface area (Å²) in [5.74, 6) is -1.30. The zero-order valence-corrected chi connectivity index (χ0v) is 16.1. The number of nitrogens with one attached hydrogen (secondary N) is 1. The van der Waals surface area contributed by atoms with E-state index in [-0.39, 0.29) is 21.6 Å². The molecule has 0 amide bonds. The van der Waals surface area contributed by atoms with Gasteiger partial charge in [0, 0.05) is 13.0 Å². The average Bonchev–Trinajstić information content (AvgIpc) is 3.16. The van der Waals surface area contributed by atoms with Crippen LogP contribution in [0, 0.1) is 17.6 Å². The normalized spacial score (nSPS) is 26.6. The van der Waals surface area contributed by atoms with Gasteiger partial charge in [-0.3, -0.25) is 20.0 Å². The third-order valence-electron chi connectivity index (χ3n) is 5.65. The summed E-state index contributed by atoms with van der Waals surface area (Å²) in [6.07, 6.45) is 3.98. The summed E-state index contributed by atoms with van der Waals surface area (Å²) >= 11 is 2.96. The molecule has 27 heavy (non-hydrogen) atoms. The number of aldehydes is 2. The maximum atomic E-state index is 14.5. The lowest BCUT2D eigenvalue weighted by Gasteiger charge is -2.26. The monoisotopic (exact) mass is 440 g/mol. The molecule has 2 heterocycles. The van der Waals surface area contributed by atoms with Crippen molar-refractivity contribution >= 4 is 40.0 Å². The van der Waals surface area contributed by atoms with Gasteiger partial charge in [0.05, 0.1) is 15.7 Å². The predicted octanol–water partition coefficient (Wildman–Crippen LogP) is 2.42. The minimum Gasteiger partial charge on any atom is -0.301 e. The van der Waals surface area contributed by atoms with Crippen molar-refractivity contribution in [1.29, 1.82) is 0 Å². The predicted molar refractivity (Wildman–Crippen MR) is 99.3 cm³/mol. The van der Waals surface area contributed by atoms with E-state index in [1.54, 1.807) is 0 Å². The Bertz CT molecular complexity index is 815. The van der Waals surface area contributed by atoms with Gasteiger partial charge in [0.15, 0.2) is 24.1 Å². The minimum atomic E-state index is -1.03. The van der Waals surface area contributed by atoms with Crippen LogP contribution < -0.4 is 10.3 Å². The summed E-state index contributed by atoms with van der Waals surface area (Å²) in [5, 5.41) is 4.20.